The van der Waals surface area contributed by atoms with Gasteiger partial charge in [-0.2, -0.15) is 0 Å². The fourth-order valence-corrected chi connectivity index (χ4v) is 3.51. The number of anilines is 2. The van der Waals surface area contributed by atoms with Gasteiger partial charge in [0.1, 0.15) is 11.6 Å². The number of β-amino-alcohol motifs (C(OH)–C–C–N with tert-alkyl or cyclic N) is 1. The number of aromatic nitrogens is 1. The number of aliphatic hydroxyl groups is 1. The predicted octanol–water partition coefficient (Wildman–Crippen LogP) is 3.28. The Morgan fingerprint density at radius 1 is 1.16 bits per heavy atom. The minimum Gasteiger partial charge on any atom is -0.484 e. The number of hydrogen-bond donors (Lipinski definition) is 2. The molecule has 1 fully saturated rings. The lowest BCUT2D eigenvalue weighted by Crippen LogP contribution is -2.37. The molecular formula is C23H31ClN4O3. The van der Waals surface area contributed by atoms with Crippen LogP contribution < -0.4 is 15.0 Å². The molecule has 0 spiro atoms. The summed E-state index contributed by atoms with van der Waals surface area (Å²) in [6.45, 7) is 8.36. The van der Waals surface area contributed by atoms with Crippen molar-refractivity contribution in [2.45, 2.75) is 26.4 Å². The van der Waals surface area contributed by atoms with Gasteiger partial charge in [-0.25, -0.2) is 4.98 Å². The van der Waals surface area contributed by atoms with Gasteiger partial charge in [0.05, 0.1) is 18.0 Å². The van der Waals surface area contributed by atoms with Gasteiger partial charge in [0.25, 0.3) is 5.91 Å². The Balaban J connectivity index is 1.47. The number of halogens is 1. The molecule has 1 aromatic heterocycles. The zero-order valence-electron chi connectivity index (χ0n) is 18.1. The summed E-state index contributed by atoms with van der Waals surface area (Å²) < 4.78 is 5.46. The van der Waals surface area contributed by atoms with E-state index >= 15 is 0 Å². The minimum atomic E-state index is -0.295. The van der Waals surface area contributed by atoms with Crippen LogP contribution in [0.2, 0.25) is 5.02 Å². The third-order valence-electron chi connectivity index (χ3n) is 5.34. The van der Waals surface area contributed by atoms with Gasteiger partial charge in [0.2, 0.25) is 0 Å². The van der Waals surface area contributed by atoms with Crippen LogP contribution in [0.3, 0.4) is 0 Å². The number of carbonyl (C=O) groups excluding carboxylic acids is 1. The second kappa shape index (κ2) is 11.3. The molecule has 2 aromatic rings. The standard InChI is InChI=1S/C23H31ClN4O3/c1-17(2)21(29)15-27-10-3-11-28(13-12-27)22-9-6-19(14-25-22)26-23(30)16-31-20-7-4-18(24)5-8-20/h4-9,14,17,21,29H,3,10-13,15-16H2,1-2H3,(H,26,30). The first-order valence-electron chi connectivity index (χ1n) is 10.7. The van der Waals surface area contributed by atoms with Crippen molar-refractivity contribution in [3.63, 3.8) is 0 Å². The maximum atomic E-state index is 12.1. The molecule has 1 aliphatic rings. The van der Waals surface area contributed by atoms with Gasteiger partial charge in [0.15, 0.2) is 6.61 Å². The predicted molar refractivity (Wildman–Crippen MR) is 124 cm³/mol. The number of hydrogen-bond acceptors (Lipinski definition) is 6. The molecule has 1 atom stereocenters. The highest BCUT2D eigenvalue weighted by atomic mass is 35.5. The Hall–Kier alpha value is -2.35. The van der Waals surface area contributed by atoms with Crippen LogP contribution in [0.4, 0.5) is 11.5 Å². The number of benzene rings is 1. The van der Waals surface area contributed by atoms with Crippen LogP contribution in [0.1, 0.15) is 20.3 Å². The Morgan fingerprint density at radius 3 is 2.61 bits per heavy atom. The molecule has 0 saturated carbocycles. The number of amides is 1. The summed E-state index contributed by atoms with van der Waals surface area (Å²) in [5.41, 5.74) is 0.630. The average Bonchev–Trinajstić information content (AvgIpc) is 2.99. The first-order valence-corrected chi connectivity index (χ1v) is 11.1. The molecule has 1 aliphatic heterocycles. The molecule has 168 valence electrons. The molecule has 8 heteroatoms. The van der Waals surface area contributed by atoms with Crippen LogP contribution >= 0.6 is 11.6 Å². The number of ether oxygens (including phenoxy) is 1. The van der Waals surface area contributed by atoms with Crippen molar-refractivity contribution in [3.8, 4) is 5.75 Å². The van der Waals surface area contributed by atoms with Gasteiger partial charge in [-0.15, -0.1) is 0 Å². The number of carbonyl (C=O) groups is 1. The molecule has 1 unspecified atom stereocenters. The van der Waals surface area contributed by atoms with E-state index in [1.807, 2.05) is 26.0 Å². The van der Waals surface area contributed by atoms with Crippen LogP contribution in [0, 0.1) is 5.92 Å². The molecule has 1 saturated heterocycles. The monoisotopic (exact) mass is 446 g/mol. The van der Waals surface area contributed by atoms with E-state index in [-0.39, 0.29) is 24.5 Å². The molecule has 0 radical (unpaired) electrons. The summed E-state index contributed by atoms with van der Waals surface area (Å²) >= 11 is 5.84. The van der Waals surface area contributed by atoms with E-state index < -0.39 is 0 Å². The quantitative estimate of drug-likeness (QED) is 0.648. The number of pyridine rings is 1. The number of nitrogens with zero attached hydrogens (tertiary/aromatic N) is 3. The normalized spacial score (nSPS) is 16.1. The molecule has 2 heterocycles. The Kier molecular flexibility index (Phi) is 8.51. The van der Waals surface area contributed by atoms with E-state index in [1.165, 1.54) is 0 Å². The van der Waals surface area contributed by atoms with E-state index in [0.717, 1.165) is 38.4 Å². The maximum Gasteiger partial charge on any atom is 0.262 e. The van der Waals surface area contributed by atoms with Crippen LogP contribution in [-0.4, -0.2) is 66.3 Å². The highest BCUT2D eigenvalue weighted by molar-refractivity contribution is 6.30. The van der Waals surface area contributed by atoms with Crippen molar-refractivity contribution in [3.05, 3.63) is 47.6 Å². The van der Waals surface area contributed by atoms with Crippen molar-refractivity contribution in [2.75, 3.05) is 49.5 Å². The van der Waals surface area contributed by atoms with Gasteiger partial charge in [-0.05, 0) is 55.3 Å². The summed E-state index contributed by atoms with van der Waals surface area (Å²) in [7, 11) is 0. The zero-order valence-corrected chi connectivity index (χ0v) is 18.9. The lowest BCUT2D eigenvalue weighted by atomic mass is 10.1. The topological polar surface area (TPSA) is 77.9 Å². The van der Waals surface area contributed by atoms with Gasteiger partial charge in [-0.3, -0.25) is 9.69 Å². The van der Waals surface area contributed by atoms with Gasteiger partial charge >= 0.3 is 0 Å². The van der Waals surface area contributed by atoms with E-state index in [9.17, 15) is 9.90 Å². The van der Waals surface area contributed by atoms with Crippen LogP contribution in [0.15, 0.2) is 42.6 Å². The summed E-state index contributed by atoms with van der Waals surface area (Å²) in [6.07, 6.45) is 2.39. The van der Waals surface area contributed by atoms with E-state index in [2.05, 4.69) is 20.1 Å². The summed E-state index contributed by atoms with van der Waals surface area (Å²) in [5.74, 6) is 1.49. The van der Waals surface area contributed by atoms with Crippen molar-refractivity contribution < 1.29 is 14.6 Å². The Bertz CT molecular complexity index is 830. The molecular weight excluding hydrogens is 416 g/mol. The van der Waals surface area contributed by atoms with Gasteiger partial charge in [-0.1, -0.05) is 25.4 Å². The first kappa shape index (κ1) is 23.3. The molecule has 31 heavy (non-hydrogen) atoms. The maximum absolute atomic E-state index is 12.1. The smallest absolute Gasteiger partial charge is 0.262 e. The molecule has 0 bridgehead atoms. The van der Waals surface area contributed by atoms with Crippen molar-refractivity contribution in [2.24, 2.45) is 5.92 Å². The minimum absolute atomic E-state index is 0.0897. The third kappa shape index (κ3) is 7.38. The summed E-state index contributed by atoms with van der Waals surface area (Å²) in [5, 5.41) is 13.6. The van der Waals surface area contributed by atoms with Crippen molar-refractivity contribution >= 4 is 29.0 Å². The average molecular weight is 447 g/mol. The number of nitrogens with one attached hydrogen (secondary N) is 1. The van der Waals surface area contributed by atoms with Crippen LogP contribution in [-0.2, 0) is 4.79 Å². The second-order valence-electron chi connectivity index (χ2n) is 8.15. The fraction of sp³-hybridized carbons (Fsp3) is 0.478. The lowest BCUT2D eigenvalue weighted by molar-refractivity contribution is -0.118. The number of rotatable bonds is 8. The van der Waals surface area contributed by atoms with Crippen molar-refractivity contribution in [1.29, 1.82) is 0 Å². The van der Waals surface area contributed by atoms with Crippen LogP contribution in [0.5, 0.6) is 5.75 Å². The van der Waals surface area contributed by atoms with Gasteiger partial charge in [0, 0.05) is 31.2 Å². The summed E-state index contributed by atoms with van der Waals surface area (Å²) in [4.78, 5) is 21.2. The lowest BCUT2D eigenvalue weighted by Gasteiger charge is -2.25. The Morgan fingerprint density at radius 2 is 1.94 bits per heavy atom. The Labute approximate surface area is 189 Å². The van der Waals surface area contributed by atoms with E-state index in [1.54, 1.807) is 30.5 Å². The summed E-state index contributed by atoms with van der Waals surface area (Å²) in [6, 6.07) is 10.6. The van der Waals surface area contributed by atoms with Gasteiger partial charge < -0.3 is 20.1 Å². The highest BCUT2D eigenvalue weighted by Gasteiger charge is 2.19. The van der Waals surface area contributed by atoms with E-state index in [0.29, 0.717) is 23.0 Å². The molecule has 1 aromatic carbocycles. The highest BCUT2D eigenvalue weighted by Crippen LogP contribution is 2.18. The molecule has 0 aliphatic carbocycles. The van der Waals surface area contributed by atoms with Crippen molar-refractivity contribution in [1.82, 2.24) is 9.88 Å². The largest absolute Gasteiger partial charge is 0.484 e. The molecule has 2 N–H and O–H groups in total. The molecule has 1 amide bonds. The van der Waals surface area contributed by atoms with E-state index in [4.69, 9.17) is 16.3 Å². The molecule has 7 nitrogen and oxygen atoms in total. The van der Waals surface area contributed by atoms with Crippen LogP contribution in [0.25, 0.3) is 0 Å². The second-order valence-corrected chi connectivity index (χ2v) is 8.58. The SMILES string of the molecule is CC(C)C(O)CN1CCCN(c2ccc(NC(=O)COc3ccc(Cl)cc3)cn2)CC1. The first-order chi connectivity index (χ1) is 14.9. The zero-order chi connectivity index (χ0) is 22.2. The number of aliphatic hydroxyl groups excluding tert-OH is 1. The third-order valence-corrected chi connectivity index (χ3v) is 5.59. The molecule has 3 rings (SSSR count). The fourth-order valence-electron chi connectivity index (χ4n) is 3.38.